The molecule has 25 heavy (non-hydrogen) atoms. The average molecular weight is 343 g/mol. The predicted molar refractivity (Wildman–Crippen MR) is 102 cm³/mol. The first-order valence-electron chi connectivity index (χ1n) is 10.2. The minimum Gasteiger partial charge on any atom is -0.403 e. The summed E-state index contributed by atoms with van der Waals surface area (Å²) >= 11 is 0. The molecule has 0 amide bonds. The Kier molecular flexibility index (Phi) is 4.47. The second-order valence-corrected chi connectivity index (χ2v) is 9.71. The summed E-state index contributed by atoms with van der Waals surface area (Å²) in [6.45, 7) is 4.84. The molecule has 3 saturated carbocycles. The molecule has 1 heterocycles. The lowest BCUT2D eigenvalue weighted by Crippen LogP contribution is -2.40. The number of rotatable bonds is 4. The fourth-order valence-electron chi connectivity index (χ4n) is 6.11. The zero-order valence-electron chi connectivity index (χ0n) is 15.8. The van der Waals surface area contributed by atoms with Gasteiger partial charge in [0.2, 0.25) is 0 Å². The summed E-state index contributed by atoms with van der Waals surface area (Å²) < 4.78 is 0. The molecular formula is C22H34N2O. The van der Waals surface area contributed by atoms with E-state index in [1.807, 2.05) is 6.08 Å². The molecule has 4 rings (SSSR count). The molecule has 0 saturated heterocycles. The van der Waals surface area contributed by atoms with Crippen molar-refractivity contribution < 1.29 is 5.11 Å². The first-order valence-corrected chi connectivity index (χ1v) is 10.2. The van der Waals surface area contributed by atoms with Gasteiger partial charge in [-0.25, -0.2) is 0 Å². The van der Waals surface area contributed by atoms with Crippen LogP contribution in [0, 0.1) is 29.1 Å². The second kappa shape index (κ2) is 6.50. The molecule has 0 aromatic rings. The standard InChI is InChI=1S/C22H34N2O/c1-14-7-15-9-16(8-14)11-22(2,10-15)12-20(25)21-19(17-3-4-17)6-5-18(13-23)24-21/h5-6,13-17,20,24-25H,3-4,7-12,23H2,1-2H3/b18-13-. The Morgan fingerprint density at radius 1 is 1.24 bits per heavy atom. The quantitative estimate of drug-likeness (QED) is 0.717. The third-order valence-corrected chi connectivity index (χ3v) is 6.95. The minimum atomic E-state index is -0.406. The van der Waals surface area contributed by atoms with E-state index in [2.05, 4.69) is 25.2 Å². The van der Waals surface area contributed by atoms with Gasteiger partial charge in [-0.1, -0.05) is 19.9 Å². The monoisotopic (exact) mass is 342 g/mol. The molecule has 3 fully saturated rings. The van der Waals surface area contributed by atoms with Crippen molar-refractivity contribution in [1.82, 2.24) is 5.32 Å². The maximum absolute atomic E-state index is 11.1. The van der Waals surface area contributed by atoms with E-state index in [4.69, 9.17) is 5.73 Å². The third-order valence-electron chi connectivity index (χ3n) is 6.95. The maximum Gasteiger partial charge on any atom is 0.0945 e. The first-order chi connectivity index (χ1) is 12.0. The summed E-state index contributed by atoms with van der Waals surface area (Å²) in [4.78, 5) is 0. The van der Waals surface area contributed by atoms with Crippen molar-refractivity contribution >= 4 is 0 Å². The first kappa shape index (κ1) is 17.2. The zero-order chi connectivity index (χ0) is 17.6. The Balaban J connectivity index is 1.50. The molecular weight excluding hydrogens is 308 g/mol. The van der Waals surface area contributed by atoms with Crippen molar-refractivity contribution in [3.63, 3.8) is 0 Å². The highest BCUT2D eigenvalue weighted by Gasteiger charge is 2.42. The molecule has 138 valence electrons. The number of aliphatic hydroxyl groups is 1. The van der Waals surface area contributed by atoms with Gasteiger partial charge >= 0.3 is 0 Å². The zero-order valence-corrected chi connectivity index (χ0v) is 15.8. The smallest absolute Gasteiger partial charge is 0.0945 e. The van der Waals surface area contributed by atoms with Crippen molar-refractivity contribution in [3.05, 3.63) is 35.3 Å². The molecule has 3 aliphatic carbocycles. The van der Waals surface area contributed by atoms with Crippen molar-refractivity contribution in [2.75, 3.05) is 0 Å². The van der Waals surface area contributed by atoms with Gasteiger partial charge < -0.3 is 16.2 Å². The molecule has 0 radical (unpaired) electrons. The van der Waals surface area contributed by atoms with Gasteiger partial charge in [-0.3, -0.25) is 0 Å². The van der Waals surface area contributed by atoms with Crippen LogP contribution >= 0.6 is 0 Å². The summed E-state index contributed by atoms with van der Waals surface area (Å²) in [7, 11) is 0. The molecule has 0 aromatic heterocycles. The molecule has 4 N–H and O–H groups in total. The number of hydrogen-bond acceptors (Lipinski definition) is 3. The number of dihydropyridines is 1. The Morgan fingerprint density at radius 2 is 1.92 bits per heavy atom. The normalized spacial score (nSPS) is 40.9. The van der Waals surface area contributed by atoms with E-state index in [0.29, 0.717) is 5.92 Å². The number of aliphatic hydroxyl groups excluding tert-OH is 1. The molecule has 0 spiro atoms. The van der Waals surface area contributed by atoms with E-state index in [-0.39, 0.29) is 5.41 Å². The molecule has 1 aliphatic heterocycles. The Bertz CT molecular complexity index is 596. The van der Waals surface area contributed by atoms with Crippen molar-refractivity contribution in [2.45, 2.75) is 71.3 Å². The summed E-state index contributed by atoms with van der Waals surface area (Å²) in [5, 5.41) is 14.6. The molecule has 3 unspecified atom stereocenters. The van der Waals surface area contributed by atoms with E-state index in [9.17, 15) is 5.11 Å². The van der Waals surface area contributed by atoms with Crippen LogP contribution in [-0.2, 0) is 0 Å². The topological polar surface area (TPSA) is 58.3 Å². The highest BCUT2D eigenvalue weighted by Crippen LogP contribution is 2.52. The van der Waals surface area contributed by atoms with Crippen LogP contribution in [0.4, 0.5) is 0 Å². The highest BCUT2D eigenvalue weighted by atomic mass is 16.3. The molecule has 3 nitrogen and oxygen atoms in total. The fraction of sp³-hybridized carbons (Fsp3) is 0.727. The molecule has 2 bridgehead atoms. The van der Waals surface area contributed by atoms with Gasteiger partial charge in [-0.05, 0) is 92.1 Å². The number of nitrogens with one attached hydrogen (secondary N) is 1. The van der Waals surface area contributed by atoms with Crippen LogP contribution in [0.15, 0.2) is 35.3 Å². The largest absolute Gasteiger partial charge is 0.403 e. The molecule has 3 atom stereocenters. The van der Waals surface area contributed by atoms with E-state index in [0.717, 1.165) is 35.6 Å². The summed E-state index contributed by atoms with van der Waals surface area (Å²) in [6.07, 6.45) is 15.5. The van der Waals surface area contributed by atoms with Gasteiger partial charge in [-0.2, -0.15) is 0 Å². The van der Waals surface area contributed by atoms with E-state index >= 15 is 0 Å². The number of hydrogen-bond donors (Lipinski definition) is 3. The minimum absolute atomic E-state index is 0.268. The van der Waals surface area contributed by atoms with Gasteiger partial charge in [0, 0.05) is 11.9 Å². The summed E-state index contributed by atoms with van der Waals surface area (Å²) in [5.41, 5.74) is 9.21. The van der Waals surface area contributed by atoms with Crippen LogP contribution in [0.25, 0.3) is 0 Å². The second-order valence-electron chi connectivity index (χ2n) is 9.71. The molecule has 0 aromatic carbocycles. The number of nitrogens with two attached hydrogens (primary N) is 1. The lowest BCUT2D eigenvalue weighted by Gasteiger charge is -2.48. The van der Waals surface area contributed by atoms with E-state index in [1.165, 1.54) is 50.5 Å². The lowest BCUT2D eigenvalue weighted by atomic mass is 9.58. The van der Waals surface area contributed by atoms with Gasteiger partial charge in [-0.15, -0.1) is 0 Å². The number of fused-ring (bicyclic) bond motifs is 2. The van der Waals surface area contributed by atoms with E-state index in [1.54, 1.807) is 6.20 Å². The Hall–Kier alpha value is -1.22. The van der Waals surface area contributed by atoms with Gasteiger partial charge in [0.25, 0.3) is 0 Å². The fourth-order valence-corrected chi connectivity index (χ4v) is 6.11. The van der Waals surface area contributed by atoms with Crippen LogP contribution in [0.5, 0.6) is 0 Å². The maximum atomic E-state index is 11.1. The van der Waals surface area contributed by atoms with Gasteiger partial charge in [0.05, 0.1) is 11.8 Å². The van der Waals surface area contributed by atoms with E-state index < -0.39 is 6.10 Å². The van der Waals surface area contributed by atoms with Crippen LogP contribution in [0.3, 0.4) is 0 Å². The van der Waals surface area contributed by atoms with Crippen LogP contribution in [0.2, 0.25) is 0 Å². The summed E-state index contributed by atoms with van der Waals surface area (Å²) in [6, 6.07) is 0. The van der Waals surface area contributed by atoms with Crippen LogP contribution in [-0.4, -0.2) is 11.2 Å². The third kappa shape index (κ3) is 3.67. The van der Waals surface area contributed by atoms with Crippen LogP contribution < -0.4 is 11.1 Å². The Labute approximate surface area is 152 Å². The SMILES string of the molecule is CC1CC2CC(C1)CC(C)(CC(O)C1=C(C3CC3)C=C/C(=C/N)N1)C2. The predicted octanol–water partition coefficient (Wildman–Crippen LogP) is 4.21. The lowest BCUT2D eigenvalue weighted by molar-refractivity contribution is 0.0149. The Morgan fingerprint density at radius 3 is 2.52 bits per heavy atom. The van der Waals surface area contributed by atoms with Crippen molar-refractivity contribution in [2.24, 2.45) is 34.8 Å². The van der Waals surface area contributed by atoms with Crippen LogP contribution in [0.1, 0.15) is 65.2 Å². The number of allylic oxidation sites excluding steroid dienone is 3. The van der Waals surface area contributed by atoms with Crippen molar-refractivity contribution in [1.29, 1.82) is 0 Å². The van der Waals surface area contributed by atoms with Gasteiger partial charge in [0.15, 0.2) is 0 Å². The highest BCUT2D eigenvalue weighted by molar-refractivity contribution is 5.42. The molecule has 3 heteroatoms. The summed E-state index contributed by atoms with van der Waals surface area (Å²) in [5.74, 6) is 3.27. The van der Waals surface area contributed by atoms with Gasteiger partial charge in [0.1, 0.15) is 0 Å². The average Bonchev–Trinajstić information content (AvgIpc) is 3.37. The molecule has 4 aliphatic rings. The van der Waals surface area contributed by atoms with Crippen molar-refractivity contribution in [3.8, 4) is 0 Å².